The maximum Gasteiger partial charge on any atom is 0.193 e. The lowest BCUT2D eigenvalue weighted by Crippen LogP contribution is -2.46. The Morgan fingerprint density at radius 3 is 3.12 bits per heavy atom. The average Bonchev–Trinajstić information content (AvgIpc) is 3.01. The number of nitrogens with zero attached hydrogens (tertiary/aromatic N) is 5. The highest BCUT2D eigenvalue weighted by Gasteiger charge is 2.18. The molecule has 6 heteroatoms. The maximum absolute atomic E-state index is 4.83. The van der Waals surface area contributed by atoms with Crippen LogP contribution in [0.4, 0.5) is 0 Å². The SMILES string of the molecule is CCNC(=NCCCc1nnc2ccccn12)N1CCCC(C)C1. The first-order valence-electron chi connectivity index (χ1n) is 9.10. The van der Waals surface area contributed by atoms with Gasteiger partial charge in [-0.25, -0.2) is 0 Å². The van der Waals surface area contributed by atoms with E-state index in [1.807, 2.05) is 24.4 Å². The number of likely N-dealkylation sites (tertiary alicyclic amines) is 1. The van der Waals surface area contributed by atoms with Gasteiger partial charge >= 0.3 is 0 Å². The number of rotatable bonds is 5. The van der Waals surface area contributed by atoms with Crippen molar-refractivity contribution >= 4 is 11.6 Å². The molecule has 0 aliphatic carbocycles. The van der Waals surface area contributed by atoms with Crippen LogP contribution >= 0.6 is 0 Å². The minimum Gasteiger partial charge on any atom is -0.357 e. The molecular weight excluding hydrogens is 300 g/mol. The topological polar surface area (TPSA) is 57.8 Å². The van der Waals surface area contributed by atoms with Gasteiger partial charge in [0.15, 0.2) is 11.6 Å². The molecule has 2 aromatic heterocycles. The molecule has 0 saturated carbocycles. The molecule has 1 aliphatic heterocycles. The van der Waals surface area contributed by atoms with Gasteiger partial charge in [-0.1, -0.05) is 13.0 Å². The first kappa shape index (κ1) is 16.7. The van der Waals surface area contributed by atoms with Crippen molar-refractivity contribution < 1.29 is 0 Å². The molecule has 3 heterocycles. The fourth-order valence-corrected chi connectivity index (χ4v) is 3.29. The number of piperidine rings is 1. The van der Waals surface area contributed by atoms with E-state index in [1.54, 1.807) is 0 Å². The zero-order valence-corrected chi connectivity index (χ0v) is 14.8. The monoisotopic (exact) mass is 328 g/mol. The number of guanidine groups is 1. The van der Waals surface area contributed by atoms with Crippen molar-refractivity contribution in [3.63, 3.8) is 0 Å². The summed E-state index contributed by atoms with van der Waals surface area (Å²) in [6.07, 6.45) is 6.48. The number of pyridine rings is 1. The van der Waals surface area contributed by atoms with Crippen molar-refractivity contribution in [2.75, 3.05) is 26.2 Å². The predicted molar refractivity (Wildman–Crippen MR) is 97.3 cm³/mol. The molecule has 1 unspecified atom stereocenters. The van der Waals surface area contributed by atoms with Crippen LogP contribution in [0.5, 0.6) is 0 Å². The summed E-state index contributed by atoms with van der Waals surface area (Å²) in [6.45, 7) is 8.41. The van der Waals surface area contributed by atoms with Crippen LogP contribution in [-0.4, -0.2) is 51.6 Å². The Morgan fingerprint density at radius 2 is 2.29 bits per heavy atom. The van der Waals surface area contributed by atoms with Gasteiger partial charge in [0, 0.05) is 38.8 Å². The second-order valence-corrected chi connectivity index (χ2v) is 6.58. The van der Waals surface area contributed by atoms with E-state index in [2.05, 4.69) is 38.7 Å². The Kier molecular flexibility index (Phi) is 5.67. The van der Waals surface area contributed by atoms with Crippen LogP contribution in [0.1, 0.15) is 38.9 Å². The van der Waals surface area contributed by atoms with Crippen LogP contribution < -0.4 is 5.32 Å². The highest BCUT2D eigenvalue weighted by atomic mass is 15.3. The molecule has 2 aromatic rings. The van der Waals surface area contributed by atoms with Gasteiger partial charge in [0.1, 0.15) is 5.82 Å². The Balaban J connectivity index is 1.56. The van der Waals surface area contributed by atoms with E-state index in [0.29, 0.717) is 0 Å². The summed E-state index contributed by atoms with van der Waals surface area (Å²) < 4.78 is 2.06. The van der Waals surface area contributed by atoms with Gasteiger partial charge in [0.25, 0.3) is 0 Å². The largest absolute Gasteiger partial charge is 0.357 e. The Hall–Kier alpha value is -2.11. The quantitative estimate of drug-likeness (QED) is 0.520. The summed E-state index contributed by atoms with van der Waals surface area (Å²) in [5.41, 5.74) is 0.909. The van der Waals surface area contributed by atoms with Crippen molar-refractivity contribution in [2.24, 2.45) is 10.9 Å². The third kappa shape index (κ3) is 4.04. The van der Waals surface area contributed by atoms with Crippen molar-refractivity contribution in [3.8, 4) is 0 Å². The minimum atomic E-state index is 0.755. The zero-order chi connectivity index (χ0) is 16.8. The molecule has 6 nitrogen and oxygen atoms in total. The maximum atomic E-state index is 4.83. The number of aliphatic imine (C=N–C) groups is 1. The van der Waals surface area contributed by atoms with Crippen LogP contribution in [0, 0.1) is 5.92 Å². The smallest absolute Gasteiger partial charge is 0.193 e. The summed E-state index contributed by atoms with van der Waals surface area (Å²) in [4.78, 5) is 7.23. The Bertz CT molecular complexity index is 677. The number of nitrogens with one attached hydrogen (secondary N) is 1. The molecule has 0 aromatic carbocycles. The van der Waals surface area contributed by atoms with E-state index in [9.17, 15) is 0 Å². The highest BCUT2D eigenvalue weighted by molar-refractivity contribution is 5.80. The molecule has 0 spiro atoms. The summed E-state index contributed by atoms with van der Waals surface area (Å²) in [5.74, 6) is 2.83. The van der Waals surface area contributed by atoms with Crippen molar-refractivity contribution in [3.05, 3.63) is 30.2 Å². The zero-order valence-electron chi connectivity index (χ0n) is 14.8. The molecule has 0 amide bonds. The van der Waals surface area contributed by atoms with Crippen LogP contribution in [-0.2, 0) is 6.42 Å². The van der Waals surface area contributed by atoms with Crippen molar-refractivity contribution in [2.45, 2.75) is 39.5 Å². The molecule has 1 saturated heterocycles. The standard InChI is InChI=1S/C18H28N6/c1-3-19-18(23-12-7-8-15(2)14-23)20-11-6-10-17-22-21-16-9-4-5-13-24(16)17/h4-5,9,13,15H,3,6-8,10-12,14H2,1-2H3,(H,19,20). The molecule has 1 aliphatic rings. The molecule has 24 heavy (non-hydrogen) atoms. The first-order valence-corrected chi connectivity index (χ1v) is 9.10. The molecule has 1 fully saturated rings. The van der Waals surface area contributed by atoms with Gasteiger partial charge in [0.05, 0.1) is 0 Å². The lowest BCUT2D eigenvalue weighted by Gasteiger charge is -2.33. The fourth-order valence-electron chi connectivity index (χ4n) is 3.29. The van der Waals surface area contributed by atoms with Gasteiger partial charge in [-0.05, 0) is 44.2 Å². The van der Waals surface area contributed by atoms with Crippen LogP contribution in [0.3, 0.4) is 0 Å². The molecule has 3 rings (SSSR count). The fraction of sp³-hybridized carbons (Fsp3) is 0.611. The van der Waals surface area contributed by atoms with E-state index in [4.69, 9.17) is 4.99 Å². The predicted octanol–water partition coefficient (Wildman–Crippen LogP) is 2.36. The van der Waals surface area contributed by atoms with Gasteiger partial charge in [0.2, 0.25) is 0 Å². The van der Waals surface area contributed by atoms with Gasteiger partial charge in [-0.3, -0.25) is 9.39 Å². The average molecular weight is 328 g/mol. The van der Waals surface area contributed by atoms with E-state index in [0.717, 1.165) is 62.4 Å². The third-order valence-electron chi connectivity index (χ3n) is 4.50. The summed E-state index contributed by atoms with van der Waals surface area (Å²) in [7, 11) is 0. The number of hydrogen-bond donors (Lipinski definition) is 1. The molecule has 1 atom stereocenters. The molecular formula is C18H28N6. The Labute approximate surface area is 144 Å². The molecule has 0 radical (unpaired) electrons. The summed E-state index contributed by atoms with van der Waals surface area (Å²) in [5, 5.41) is 11.9. The summed E-state index contributed by atoms with van der Waals surface area (Å²) in [6, 6.07) is 5.98. The van der Waals surface area contributed by atoms with Gasteiger partial charge < -0.3 is 10.2 Å². The first-order chi connectivity index (χ1) is 11.8. The number of fused-ring (bicyclic) bond motifs is 1. The number of aromatic nitrogens is 3. The second-order valence-electron chi connectivity index (χ2n) is 6.58. The van der Waals surface area contributed by atoms with E-state index in [1.165, 1.54) is 12.8 Å². The van der Waals surface area contributed by atoms with Crippen LogP contribution in [0.25, 0.3) is 5.65 Å². The normalized spacial score (nSPS) is 19.0. The number of hydrogen-bond acceptors (Lipinski definition) is 3. The van der Waals surface area contributed by atoms with Crippen LogP contribution in [0.15, 0.2) is 29.4 Å². The minimum absolute atomic E-state index is 0.755. The third-order valence-corrected chi connectivity index (χ3v) is 4.50. The summed E-state index contributed by atoms with van der Waals surface area (Å²) >= 11 is 0. The van der Waals surface area contributed by atoms with E-state index >= 15 is 0 Å². The van der Waals surface area contributed by atoms with Crippen LogP contribution in [0.2, 0.25) is 0 Å². The highest BCUT2D eigenvalue weighted by Crippen LogP contribution is 2.15. The molecule has 0 bridgehead atoms. The molecule has 1 N–H and O–H groups in total. The Morgan fingerprint density at radius 1 is 1.38 bits per heavy atom. The lowest BCUT2D eigenvalue weighted by molar-refractivity contribution is 0.266. The second kappa shape index (κ2) is 8.13. The van der Waals surface area contributed by atoms with Crippen molar-refractivity contribution in [1.29, 1.82) is 0 Å². The lowest BCUT2D eigenvalue weighted by atomic mass is 10.0. The van der Waals surface area contributed by atoms with Gasteiger partial charge in [-0.2, -0.15) is 0 Å². The van der Waals surface area contributed by atoms with Crippen molar-refractivity contribution in [1.82, 2.24) is 24.8 Å². The van der Waals surface area contributed by atoms with Gasteiger partial charge in [-0.15, -0.1) is 10.2 Å². The number of aryl methyl sites for hydroxylation is 1. The molecule has 130 valence electrons. The van der Waals surface area contributed by atoms with E-state index in [-0.39, 0.29) is 0 Å². The van der Waals surface area contributed by atoms with E-state index < -0.39 is 0 Å².